The molecule has 0 spiro atoms. The van der Waals surface area contributed by atoms with E-state index in [1.807, 2.05) is 19.2 Å². The number of rotatable bonds is 9. The van der Waals surface area contributed by atoms with Crippen molar-refractivity contribution in [3.63, 3.8) is 0 Å². The molecule has 2 amide bonds. The minimum absolute atomic E-state index is 0.170. The fourth-order valence-corrected chi connectivity index (χ4v) is 3.04. The third kappa shape index (κ3) is 5.60. The lowest BCUT2D eigenvalue weighted by atomic mass is 10.1. The molecular formula is C18H26N4O3S. The Labute approximate surface area is 158 Å². The molecule has 0 saturated heterocycles. The first-order chi connectivity index (χ1) is 12.6. The number of urea groups is 1. The summed E-state index contributed by atoms with van der Waals surface area (Å²) in [6, 6.07) is 5.44. The van der Waals surface area contributed by atoms with Gasteiger partial charge in [0.15, 0.2) is 5.13 Å². The molecule has 8 heteroatoms. The lowest BCUT2D eigenvalue weighted by molar-refractivity contribution is 0.182. The molecule has 0 atom stereocenters. The van der Waals surface area contributed by atoms with E-state index in [1.165, 1.54) is 11.3 Å². The third-order valence-corrected chi connectivity index (χ3v) is 4.74. The minimum atomic E-state index is -0.211. The molecular weight excluding hydrogens is 352 g/mol. The summed E-state index contributed by atoms with van der Waals surface area (Å²) in [5.41, 5.74) is 1.53. The van der Waals surface area contributed by atoms with Gasteiger partial charge in [0.05, 0.1) is 12.8 Å². The number of amides is 2. The summed E-state index contributed by atoms with van der Waals surface area (Å²) >= 11 is 1.42. The molecule has 3 N–H and O–H groups in total. The van der Waals surface area contributed by atoms with Gasteiger partial charge in [-0.2, -0.15) is 0 Å². The van der Waals surface area contributed by atoms with E-state index in [-0.39, 0.29) is 12.1 Å². The second-order valence-corrected chi connectivity index (χ2v) is 6.70. The highest BCUT2D eigenvalue weighted by atomic mass is 32.1. The number of nitrogens with one attached hydrogen (secondary N) is 3. The van der Waals surface area contributed by atoms with E-state index in [0.717, 1.165) is 23.5 Å². The summed E-state index contributed by atoms with van der Waals surface area (Å²) in [5.74, 6) is 0.670. The average molecular weight is 378 g/mol. The Morgan fingerprint density at radius 1 is 1.31 bits per heavy atom. The van der Waals surface area contributed by atoms with Crippen LogP contribution in [0.5, 0.6) is 10.8 Å². The van der Waals surface area contributed by atoms with Gasteiger partial charge in [0, 0.05) is 31.5 Å². The van der Waals surface area contributed by atoms with Gasteiger partial charge in [0.2, 0.25) is 5.06 Å². The van der Waals surface area contributed by atoms with Gasteiger partial charge in [-0.3, -0.25) is 0 Å². The summed E-state index contributed by atoms with van der Waals surface area (Å²) < 4.78 is 11.2. The second-order valence-electron chi connectivity index (χ2n) is 5.70. The fraction of sp³-hybridized carbons (Fsp3) is 0.444. The number of hydrogen-bond donors (Lipinski definition) is 3. The topological polar surface area (TPSA) is 84.5 Å². The highest BCUT2D eigenvalue weighted by molar-refractivity contribution is 7.17. The molecule has 1 aromatic carbocycles. The van der Waals surface area contributed by atoms with Crippen LogP contribution in [0.25, 0.3) is 0 Å². The molecule has 0 radical (unpaired) electrons. The first-order valence-corrected chi connectivity index (χ1v) is 9.42. The molecule has 0 bridgehead atoms. The molecule has 2 rings (SSSR count). The Kier molecular flexibility index (Phi) is 7.68. The number of carbonyl (C=O) groups is 1. The smallest absolute Gasteiger partial charge is 0.319 e. The fourth-order valence-electron chi connectivity index (χ4n) is 2.40. The van der Waals surface area contributed by atoms with Gasteiger partial charge in [-0.05, 0) is 31.0 Å². The lowest BCUT2D eigenvalue weighted by Gasteiger charge is -2.16. The Balaban J connectivity index is 2.10. The van der Waals surface area contributed by atoms with Crippen molar-refractivity contribution in [1.29, 1.82) is 0 Å². The Hall–Kier alpha value is -2.32. The van der Waals surface area contributed by atoms with Gasteiger partial charge < -0.3 is 25.4 Å². The predicted molar refractivity (Wildman–Crippen MR) is 105 cm³/mol. The first kappa shape index (κ1) is 20.0. The molecule has 0 fully saturated rings. The van der Waals surface area contributed by atoms with Crippen LogP contribution in [0.4, 0.5) is 15.6 Å². The van der Waals surface area contributed by atoms with E-state index >= 15 is 0 Å². The zero-order valence-electron chi connectivity index (χ0n) is 15.6. The van der Waals surface area contributed by atoms with Crippen LogP contribution >= 0.6 is 11.3 Å². The number of benzene rings is 1. The van der Waals surface area contributed by atoms with Crippen LogP contribution in [-0.4, -0.2) is 31.2 Å². The van der Waals surface area contributed by atoms with Crippen molar-refractivity contribution in [3.8, 4) is 10.8 Å². The highest BCUT2D eigenvalue weighted by Gasteiger charge is 2.12. The number of nitrogens with zero attached hydrogens (tertiary/aromatic N) is 1. The zero-order chi connectivity index (χ0) is 18.9. The first-order valence-electron chi connectivity index (χ1n) is 8.60. The number of aromatic nitrogens is 1. The van der Waals surface area contributed by atoms with Gasteiger partial charge in [-0.25, -0.2) is 9.78 Å². The summed E-state index contributed by atoms with van der Waals surface area (Å²) in [6.45, 7) is 4.48. The average Bonchev–Trinajstić information content (AvgIpc) is 3.09. The van der Waals surface area contributed by atoms with E-state index in [0.29, 0.717) is 23.1 Å². The zero-order valence-corrected chi connectivity index (χ0v) is 16.4. The van der Waals surface area contributed by atoms with Gasteiger partial charge in [0.25, 0.3) is 0 Å². The normalized spacial score (nSPS) is 10.7. The Bertz CT molecular complexity index is 716. The highest BCUT2D eigenvalue weighted by Crippen LogP contribution is 2.33. The van der Waals surface area contributed by atoms with Crippen molar-refractivity contribution in [3.05, 3.63) is 30.0 Å². The lowest BCUT2D eigenvalue weighted by Crippen LogP contribution is -2.37. The number of thiazole rings is 1. The standard InChI is InChI=1S/C18H26N4O3S/c1-5-13(6-2)21-17(23)22-14-7-8-15(12(9-14)11-24-4)25-16-10-20-18(19-3)26-16/h7-10,13H,5-6,11H2,1-4H3,(H,19,20)(H2,21,22,23). The van der Waals surface area contributed by atoms with Crippen LogP contribution < -0.4 is 20.7 Å². The van der Waals surface area contributed by atoms with Gasteiger partial charge in [0.1, 0.15) is 5.75 Å². The number of anilines is 2. The summed E-state index contributed by atoms with van der Waals surface area (Å²) in [6.07, 6.45) is 3.46. The molecule has 26 heavy (non-hydrogen) atoms. The van der Waals surface area contributed by atoms with Gasteiger partial charge >= 0.3 is 6.03 Å². The monoisotopic (exact) mass is 378 g/mol. The SMILES string of the molecule is CCC(CC)NC(=O)Nc1ccc(Oc2cnc(NC)s2)c(COC)c1. The molecule has 0 unspecified atom stereocenters. The third-order valence-electron chi connectivity index (χ3n) is 3.85. The van der Waals surface area contributed by atoms with Crippen molar-refractivity contribution >= 4 is 28.2 Å². The van der Waals surface area contributed by atoms with Crippen LogP contribution in [0.15, 0.2) is 24.4 Å². The number of hydrogen-bond acceptors (Lipinski definition) is 6. The molecule has 2 aromatic rings. The molecule has 7 nitrogen and oxygen atoms in total. The van der Waals surface area contributed by atoms with Crippen LogP contribution in [-0.2, 0) is 11.3 Å². The van der Waals surface area contributed by atoms with Gasteiger partial charge in [-0.1, -0.05) is 25.2 Å². The van der Waals surface area contributed by atoms with Crippen LogP contribution in [0, 0.1) is 0 Å². The van der Waals surface area contributed by atoms with E-state index in [4.69, 9.17) is 9.47 Å². The Morgan fingerprint density at radius 3 is 2.69 bits per heavy atom. The van der Waals surface area contributed by atoms with E-state index in [9.17, 15) is 4.79 Å². The summed E-state index contributed by atoms with van der Waals surface area (Å²) in [4.78, 5) is 16.3. The van der Waals surface area contributed by atoms with Crippen LogP contribution in [0.3, 0.4) is 0 Å². The molecule has 1 aromatic heterocycles. The maximum atomic E-state index is 12.1. The molecule has 142 valence electrons. The minimum Gasteiger partial charge on any atom is -0.445 e. The van der Waals surface area contributed by atoms with Crippen molar-refractivity contribution < 1.29 is 14.3 Å². The molecule has 0 aliphatic heterocycles. The molecule has 1 heterocycles. The molecule has 0 aliphatic carbocycles. The quantitative estimate of drug-likeness (QED) is 0.601. The van der Waals surface area contributed by atoms with E-state index in [1.54, 1.807) is 19.4 Å². The second kappa shape index (κ2) is 9.98. The number of methoxy groups -OCH3 is 1. The van der Waals surface area contributed by atoms with Crippen molar-refractivity contribution in [1.82, 2.24) is 10.3 Å². The number of ether oxygens (including phenoxy) is 2. The van der Waals surface area contributed by atoms with Crippen molar-refractivity contribution in [2.45, 2.75) is 39.3 Å². The van der Waals surface area contributed by atoms with E-state index in [2.05, 4.69) is 34.8 Å². The van der Waals surface area contributed by atoms with E-state index < -0.39 is 0 Å². The Morgan fingerprint density at radius 2 is 2.08 bits per heavy atom. The predicted octanol–water partition coefficient (Wildman–Crippen LogP) is 4.43. The summed E-state index contributed by atoms with van der Waals surface area (Å²) in [5, 5.41) is 10.3. The van der Waals surface area contributed by atoms with Crippen LogP contribution in [0.1, 0.15) is 32.3 Å². The largest absolute Gasteiger partial charge is 0.445 e. The number of carbonyl (C=O) groups excluding carboxylic acids is 1. The van der Waals surface area contributed by atoms with Crippen molar-refractivity contribution in [2.75, 3.05) is 24.8 Å². The van der Waals surface area contributed by atoms with Gasteiger partial charge in [-0.15, -0.1) is 0 Å². The summed E-state index contributed by atoms with van der Waals surface area (Å²) in [7, 11) is 3.43. The molecule has 0 aliphatic rings. The maximum Gasteiger partial charge on any atom is 0.319 e. The molecule has 0 saturated carbocycles. The van der Waals surface area contributed by atoms with Crippen molar-refractivity contribution in [2.24, 2.45) is 0 Å². The maximum absolute atomic E-state index is 12.1. The van der Waals surface area contributed by atoms with Crippen LogP contribution in [0.2, 0.25) is 0 Å².